The molecule has 138 valence electrons. The molecule has 0 unspecified atom stereocenters. The number of hydrogen-bond acceptors (Lipinski definition) is 3. The first-order valence-corrected chi connectivity index (χ1v) is 9.12. The summed E-state index contributed by atoms with van der Waals surface area (Å²) in [6.45, 7) is 8.87. The van der Waals surface area contributed by atoms with Crippen LogP contribution in [0.2, 0.25) is 0 Å². The number of nitrogens with one attached hydrogen (secondary N) is 1. The maximum absolute atomic E-state index is 13.2. The summed E-state index contributed by atoms with van der Waals surface area (Å²) in [6.07, 6.45) is 0.417. The average Bonchev–Trinajstić information content (AvgIpc) is 2.63. The number of rotatable bonds is 5. The summed E-state index contributed by atoms with van der Waals surface area (Å²) in [5, 5.41) is 2.75. The van der Waals surface area contributed by atoms with Gasteiger partial charge in [-0.25, -0.2) is 4.39 Å². The lowest BCUT2D eigenvalue weighted by Crippen LogP contribution is -2.47. The molecule has 0 aliphatic carbocycles. The van der Waals surface area contributed by atoms with E-state index in [1.54, 1.807) is 12.1 Å². The Morgan fingerprint density at radius 1 is 1.08 bits per heavy atom. The van der Waals surface area contributed by atoms with Gasteiger partial charge in [0.25, 0.3) is 0 Å². The number of benzene rings is 2. The molecule has 0 aromatic heterocycles. The lowest BCUT2D eigenvalue weighted by atomic mass is 10.1. The zero-order chi connectivity index (χ0) is 18.5. The molecule has 0 bridgehead atoms. The molecule has 5 heteroatoms. The minimum Gasteiger partial charge on any atom is -0.369 e. The lowest BCUT2D eigenvalue weighted by molar-refractivity contribution is -0.116. The first kappa shape index (κ1) is 18.4. The highest BCUT2D eigenvalue weighted by Gasteiger charge is 2.19. The minimum absolute atomic E-state index is 0.0763. The lowest BCUT2D eigenvalue weighted by Gasteiger charge is -2.37. The molecule has 1 aliphatic rings. The molecule has 2 aromatic carbocycles. The van der Waals surface area contributed by atoms with Crippen LogP contribution in [-0.4, -0.2) is 43.5 Å². The van der Waals surface area contributed by atoms with E-state index in [2.05, 4.69) is 47.2 Å². The Balaban J connectivity index is 1.45. The molecule has 2 aromatic rings. The van der Waals surface area contributed by atoms with E-state index in [1.807, 2.05) is 0 Å². The highest BCUT2D eigenvalue weighted by atomic mass is 19.1. The van der Waals surface area contributed by atoms with Crippen LogP contribution >= 0.6 is 0 Å². The number of amides is 1. The second-order valence-electron chi connectivity index (χ2n) is 6.86. The molecule has 0 radical (unpaired) electrons. The smallest absolute Gasteiger partial charge is 0.225 e. The van der Waals surface area contributed by atoms with Gasteiger partial charge in [-0.05, 0) is 49.2 Å². The number of aryl methyl sites for hydroxylation is 1. The SMILES string of the molecule is Cc1cccc(N2CCN(CCC(=O)Nc3cccc(F)c3)CC2)c1C. The molecule has 1 fully saturated rings. The number of hydrogen-bond donors (Lipinski definition) is 1. The molecule has 1 N–H and O–H groups in total. The van der Waals surface area contributed by atoms with Gasteiger partial charge in [-0.15, -0.1) is 0 Å². The molecular formula is C21H26FN3O. The molecule has 1 heterocycles. The fourth-order valence-electron chi connectivity index (χ4n) is 3.34. The van der Waals surface area contributed by atoms with E-state index in [1.165, 1.54) is 28.9 Å². The van der Waals surface area contributed by atoms with Crippen molar-refractivity contribution >= 4 is 17.3 Å². The van der Waals surface area contributed by atoms with Crippen LogP contribution in [0.15, 0.2) is 42.5 Å². The van der Waals surface area contributed by atoms with E-state index in [9.17, 15) is 9.18 Å². The van der Waals surface area contributed by atoms with Crippen LogP contribution in [0.1, 0.15) is 17.5 Å². The van der Waals surface area contributed by atoms with Crippen molar-refractivity contribution in [2.24, 2.45) is 0 Å². The van der Waals surface area contributed by atoms with Gasteiger partial charge in [0.15, 0.2) is 0 Å². The maximum Gasteiger partial charge on any atom is 0.225 e. The van der Waals surface area contributed by atoms with E-state index in [4.69, 9.17) is 0 Å². The van der Waals surface area contributed by atoms with Crippen molar-refractivity contribution in [2.75, 3.05) is 42.9 Å². The van der Waals surface area contributed by atoms with Gasteiger partial charge >= 0.3 is 0 Å². The Morgan fingerprint density at radius 3 is 2.54 bits per heavy atom. The number of anilines is 2. The van der Waals surface area contributed by atoms with Gasteiger partial charge in [0.2, 0.25) is 5.91 Å². The summed E-state index contributed by atoms with van der Waals surface area (Å²) in [5.74, 6) is -0.419. The van der Waals surface area contributed by atoms with Crippen LogP contribution in [0.3, 0.4) is 0 Å². The Bertz CT molecular complexity index is 770. The molecule has 0 spiro atoms. The summed E-state index contributed by atoms with van der Waals surface area (Å²) in [7, 11) is 0. The predicted molar refractivity (Wildman–Crippen MR) is 104 cm³/mol. The monoisotopic (exact) mass is 355 g/mol. The molecule has 1 aliphatic heterocycles. The fourth-order valence-corrected chi connectivity index (χ4v) is 3.34. The molecule has 1 amide bonds. The van der Waals surface area contributed by atoms with Gasteiger partial charge < -0.3 is 10.2 Å². The molecule has 26 heavy (non-hydrogen) atoms. The first-order valence-electron chi connectivity index (χ1n) is 9.12. The highest BCUT2D eigenvalue weighted by molar-refractivity contribution is 5.90. The standard InChI is InChI=1S/C21H26FN3O/c1-16-5-3-8-20(17(16)2)25-13-11-24(12-14-25)10-9-21(26)23-19-7-4-6-18(22)15-19/h3-8,15H,9-14H2,1-2H3,(H,23,26). The van der Waals surface area contributed by atoms with Crippen molar-refractivity contribution in [3.05, 3.63) is 59.4 Å². The van der Waals surface area contributed by atoms with E-state index in [0.717, 1.165) is 32.7 Å². The average molecular weight is 355 g/mol. The van der Waals surface area contributed by atoms with Crippen molar-refractivity contribution in [1.29, 1.82) is 0 Å². The molecule has 0 atom stereocenters. The van der Waals surface area contributed by atoms with Crippen molar-refractivity contribution in [2.45, 2.75) is 20.3 Å². The fraction of sp³-hybridized carbons (Fsp3) is 0.381. The summed E-state index contributed by atoms with van der Waals surface area (Å²) in [4.78, 5) is 16.8. The molecule has 3 rings (SSSR count). The Hall–Kier alpha value is -2.40. The van der Waals surface area contributed by atoms with E-state index < -0.39 is 0 Å². The van der Waals surface area contributed by atoms with Crippen molar-refractivity contribution < 1.29 is 9.18 Å². The third-order valence-electron chi connectivity index (χ3n) is 5.05. The van der Waals surface area contributed by atoms with Gasteiger partial charge in [-0.2, -0.15) is 0 Å². The van der Waals surface area contributed by atoms with Gasteiger partial charge in [-0.1, -0.05) is 18.2 Å². The third kappa shape index (κ3) is 4.61. The molecular weight excluding hydrogens is 329 g/mol. The normalized spacial score (nSPS) is 15.1. The summed E-state index contributed by atoms with van der Waals surface area (Å²) >= 11 is 0. The zero-order valence-electron chi connectivity index (χ0n) is 15.5. The maximum atomic E-state index is 13.2. The summed E-state index contributed by atoms with van der Waals surface area (Å²) in [6, 6.07) is 12.4. The van der Waals surface area contributed by atoms with E-state index in [0.29, 0.717) is 12.1 Å². The highest BCUT2D eigenvalue weighted by Crippen LogP contribution is 2.23. The van der Waals surface area contributed by atoms with Gasteiger partial charge in [0, 0.05) is 50.5 Å². The van der Waals surface area contributed by atoms with Crippen molar-refractivity contribution in [1.82, 2.24) is 4.90 Å². The van der Waals surface area contributed by atoms with Crippen LogP contribution < -0.4 is 10.2 Å². The molecule has 1 saturated heterocycles. The van der Waals surface area contributed by atoms with Crippen molar-refractivity contribution in [3.63, 3.8) is 0 Å². The Morgan fingerprint density at radius 2 is 1.81 bits per heavy atom. The van der Waals surface area contributed by atoms with Crippen LogP contribution in [0.4, 0.5) is 15.8 Å². The number of carbonyl (C=O) groups is 1. The summed E-state index contributed by atoms with van der Waals surface area (Å²) in [5.41, 5.74) is 4.48. The Kier molecular flexibility index (Phi) is 5.89. The van der Waals surface area contributed by atoms with Crippen LogP contribution in [0.5, 0.6) is 0 Å². The van der Waals surface area contributed by atoms with Crippen LogP contribution in [0, 0.1) is 19.7 Å². The van der Waals surface area contributed by atoms with E-state index in [-0.39, 0.29) is 11.7 Å². The second kappa shape index (κ2) is 8.32. The van der Waals surface area contributed by atoms with Crippen LogP contribution in [-0.2, 0) is 4.79 Å². The van der Waals surface area contributed by atoms with Gasteiger partial charge in [-0.3, -0.25) is 9.69 Å². The third-order valence-corrected chi connectivity index (χ3v) is 5.05. The number of halogens is 1. The quantitative estimate of drug-likeness (QED) is 0.890. The predicted octanol–water partition coefficient (Wildman–Crippen LogP) is 3.59. The van der Waals surface area contributed by atoms with Gasteiger partial charge in [0.1, 0.15) is 5.82 Å². The van der Waals surface area contributed by atoms with E-state index >= 15 is 0 Å². The largest absolute Gasteiger partial charge is 0.369 e. The zero-order valence-corrected chi connectivity index (χ0v) is 15.5. The van der Waals surface area contributed by atoms with Gasteiger partial charge in [0.05, 0.1) is 0 Å². The number of nitrogens with zero attached hydrogens (tertiary/aromatic N) is 2. The van der Waals surface area contributed by atoms with Crippen LogP contribution in [0.25, 0.3) is 0 Å². The topological polar surface area (TPSA) is 35.6 Å². The molecule has 0 saturated carbocycles. The summed E-state index contributed by atoms with van der Waals surface area (Å²) < 4.78 is 13.2. The minimum atomic E-state index is -0.342. The van der Waals surface area contributed by atoms with Crippen molar-refractivity contribution in [3.8, 4) is 0 Å². The Labute approximate surface area is 154 Å². The second-order valence-corrected chi connectivity index (χ2v) is 6.86. The molecule has 4 nitrogen and oxygen atoms in total. The number of carbonyl (C=O) groups excluding carboxylic acids is 1. The number of piperazine rings is 1. The first-order chi connectivity index (χ1) is 12.5.